The zero-order valence-corrected chi connectivity index (χ0v) is 19.5. The average molecular weight is 463 g/mol. The minimum atomic E-state index is -0.828. The number of carbonyl (C=O) groups excluding carboxylic acids is 1. The second-order valence-electron chi connectivity index (χ2n) is 7.86. The summed E-state index contributed by atoms with van der Waals surface area (Å²) >= 11 is 0. The Hall–Kier alpha value is -4.20. The van der Waals surface area contributed by atoms with Crippen LogP contribution in [0.2, 0.25) is 0 Å². The van der Waals surface area contributed by atoms with E-state index in [-0.39, 0.29) is 17.0 Å². The van der Waals surface area contributed by atoms with Gasteiger partial charge in [0.25, 0.3) is 5.56 Å². The molecule has 8 heteroatoms. The second-order valence-corrected chi connectivity index (χ2v) is 7.86. The Bertz CT molecular complexity index is 1330. The highest BCUT2D eigenvalue weighted by Gasteiger charge is 2.38. The second kappa shape index (κ2) is 9.35. The highest BCUT2D eigenvalue weighted by molar-refractivity contribution is 5.92. The van der Waals surface area contributed by atoms with Gasteiger partial charge in [0.05, 0.1) is 39.4 Å². The predicted molar refractivity (Wildman–Crippen MR) is 126 cm³/mol. The Balaban J connectivity index is 1.96. The van der Waals surface area contributed by atoms with Crippen LogP contribution >= 0.6 is 0 Å². The van der Waals surface area contributed by atoms with E-state index in [1.165, 1.54) is 21.3 Å². The van der Waals surface area contributed by atoms with Crippen LogP contribution in [-0.4, -0.2) is 31.9 Å². The van der Waals surface area contributed by atoms with Gasteiger partial charge >= 0.3 is 5.97 Å². The van der Waals surface area contributed by atoms with Crippen LogP contribution < -0.4 is 25.5 Å². The quantitative estimate of drug-likeness (QED) is 0.562. The molecule has 176 valence electrons. The molecular weight excluding hydrogens is 436 g/mol. The molecule has 2 aromatic carbocycles. The summed E-state index contributed by atoms with van der Waals surface area (Å²) < 4.78 is 23.2. The number of methoxy groups -OCH3 is 3. The number of fused-ring (bicyclic) bond motifs is 1. The number of nitrogens with two attached hydrogens (primary N) is 1. The first-order chi connectivity index (χ1) is 16.4. The molecule has 0 saturated carbocycles. The Labute approximate surface area is 197 Å². The summed E-state index contributed by atoms with van der Waals surface area (Å²) in [6, 6.07) is 16.6. The fraction of sp³-hybridized carbons (Fsp3) is 0.231. The molecule has 1 aliphatic heterocycles. The van der Waals surface area contributed by atoms with Crippen LogP contribution in [0.4, 0.5) is 0 Å². The molecule has 0 bridgehead atoms. The van der Waals surface area contributed by atoms with Crippen molar-refractivity contribution in [2.24, 2.45) is 5.73 Å². The van der Waals surface area contributed by atoms with Crippen molar-refractivity contribution in [3.8, 4) is 17.2 Å². The van der Waals surface area contributed by atoms with Gasteiger partial charge < -0.3 is 29.2 Å². The van der Waals surface area contributed by atoms with E-state index in [0.29, 0.717) is 40.6 Å². The maximum Gasteiger partial charge on any atom is 0.340 e. The first kappa shape index (κ1) is 23.0. The van der Waals surface area contributed by atoms with E-state index in [1.54, 1.807) is 28.8 Å². The molecule has 0 amide bonds. The fourth-order valence-electron chi connectivity index (χ4n) is 4.22. The van der Waals surface area contributed by atoms with Gasteiger partial charge in [0.15, 0.2) is 11.5 Å². The lowest BCUT2D eigenvalue weighted by molar-refractivity contribution is -0.136. The molecule has 1 aliphatic rings. The van der Waals surface area contributed by atoms with Crippen LogP contribution in [-0.2, 0) is 16.1 Å². The minimum Gasteiger partial charge on any atom is -0.493 e. The monoisotopic (exact) mass is 462 g/mol. The van der Waals surface area contributed by atoms with Gasteiger partial charge in [-0.15, -0.1) is 0 Å². The van der Waals surface area contributed by atoms with Crippen LogP contribution in [0.3, 0.4) is 0 Å². The van der Waals surface area contributed by atoms with E-state index in [1.807, 2.05) is 37.3 Å². The van der Waals surface area contributed by atoms with E-state index >= 15 is 0 Å². The van der Waals surface area contributed by atoms with Crippen molar-refractivity contribution in [3.05, 3.63) is 98.8 Å². The molecule has 0 radical (unpaired) electrons. The van der Waals surface area contributed by atoms with Crippen molar-refractivity contribution in [1.29, 1.82) is 0 Å². The van der Waals surface area contributed by atoms with Crippen molar-refractivity contribution >= 4 is 5.97 Å². The number of pyridine rings is 1. The molecule has 3 aromatic rings. The van der Waals surface area contributed by atoms with Gasteiger partial charge in [0.1, 0.15) is 11.3 Å². The SMILES string of the molecule is COC(=O)C1=C(N)Oc2cc(C)n(Cc3ccccc3)c(=O)c2[C@H]1c1ccc(OC)c(OC)c1. The summed E-state index contributed by atoms with van der Waals surface area (Å²) in [6.07, 6.45) is 0. The van der Waals surface area contributed by atoms with Gasteiger partial charge in [-0.2, -0.15) is 0 Å². The summed E-state index contributed by atoms with van der Waals surface area (Å²) in [4.78, 5) is 26.7. The van der Waals surface area contributed by atoms with E-state index < -0.39 is 11.9 Å². The molecular formula is C26H26N2O6. The lowest BCUT2D eigenvalue weighted by Gasteiger charge is -2.29. The fourth-order valence-corrected chi connectivity index (χ4v) is 4.22. The van der Waals surface area contributed by atoms with E-state index in [9.17, 15) is 9.59 Å². The Morgan fingerprint density at radius 1 is 1.03 bits per heavy atom. The van der Waals surface area contributed by atoms with Gasteiger partial charge in [-0.3, -0.25) is 4.79 Å². The van der Waals surface area contributed by atoms with E-state index in [4.69, 9.17) is 24.7 Å². The Morgan fingerprint density at radius 3 is 2.38 bits per heavy atom. The molecule has 1 aromatic heterocycles. The van der Waals surface area contributed by atoms with Gasteiger partial charge in [0, 0.05) is 11.8 Å². The standard InChI is InChI=1S/C26H26N2O6/c1-15-12-20-22(25(29)28(15)14-16-8-6-5-7-9-16)21(23(24(27)34-20)26(30)33-4)17-10-11-18(31-2)19(13-17)32-3/h5-13,21H,14,27H2,1-4H3/t21-/m1/s1. The van der Waals surface area contributed by atoms with Crippen molar-refractivity contribution in [3.63, 3.8) is 0 Å². The van der Waals surface area contributed by atoms with Crippen LogP contribution in [0.1, 0.15) is 28.3 Å². The minimum absolute atomic E-state index is 0.0504. The van der Waals surface area contributed by atoms with Gasteiger partial charge in [-0.05, 0) is 30.2 Å². The number of ether oxygens (including phenoxy) is 4. The molecule has 0 fully saturated rings. The number of benzene rings is 2. The molecule has 2 heterocycles. The lowest BCUT2D eigenvalue weighted by atomic mass is 9.83. The highest BCUT2D eigenvalue weighted by Crippen LogP contribution is 2.43. The first-order valence-electron chi connectivity index (χ1n) is 10.7. The van der Waals surface area contributed by atoms with Crippen molar-refractivity contribution < 1.29 is 23.7 Å². The summed E-state index contributed by atoms with van der Waals surface area (Å²) in [5.74, 6) is -0.354. The number of rotatable bonds is 6. The van der Waals surface area contributed by atoms with Gasteiger partial charge in [0.2, 0.25) is 5.88 Å². The summed E-state index contributed by atoms with van der Waals surface area (Å²) in [7, 11) is 4.30. The van der Waals surface area contributed by atoms with Crippen LogP contribution in [0.5, 0.6) is 17.2 Å². The molecule has 2 N–H and O–H groups in total. The molecule has 8 nitrogen and oxygen atoms in total. The van der Waals surface area contributed by atoms with Crippen molar-refractivity contribution in [2.75, 3.05) is 21.3 Å². The Kier molecular flexibility index (Phi) is 6.32. The zero-order chi connectivity index (χ0) is 24.4. The largest absolute Gasteiger partial charge is 0.493 e. The van der Waals surface area contributed by atoms with Crippen LogP contribution in [0.15, 0.2) is 70.8 Å². The number of aromatic nitrogens is 1. The normalized spacial score (nSPS) is 14.8. The number of hydrogen-bond acceptors (Lipinski definition) is 7. The number of esters is 1. The van der Waals surface area contributed by atoms with E-state index in [2.05, 4.69) is 0 Å². The summed E-state index contributed by atoms with van der Waals surface area (Å²) in [5, 5.41) is 0. The number of hydrogen-bond donors (Lipinski definition) is 1. The van der Waals surface area contributed by atoms with Gasteiger partial charge in [-0.1, -0.05) is 36.4 Å². The average Bonchev–Trinajstić information content (AvgIpc) is 2.85. The Morgan fingerprint density at radius 2 is 1.74 bits per heavy atom. The van der Waals surface area contributed by atoms with E-state index in [0.717, 1.165) is 5.56 Å². The molecule has 34 heavy (non-hydrogen) atoms. The molecule has 4 rings (SSSR count). The first-order valence-corrected chi connectivity index (χ1v) is 10.7. The smallest absolute Gasteiger partial charge is 0.340 e. The predicted octanol–water partition coefficient (Wildman–Crippen LogP) is 3.09. The van der Waals surface area contributed by atoms with Gasteiger partial charge in [-0.25, -0.2) is 4.79 Å². The molecule has 0 aliphatic carbocycles. The third-order valence-corrected chi connectivity index (χ3v) is 5.90. The molecule has 0 saturated heterocycles. The zero-order valence-electron chi connectivity index (χ0n) is 19.5. The van der Waals surface area contributed by atoms with Crippen molar-refractivity contribution in [1.82, 2.24) is 4.57 Å². The molecule has 1 atom stereocenters. The maximum atomic E-state index is 13.9. The van der Waals surface area contributed by atoms with Crippen LogP contribution in [0, 0.1) is 6.92 Å². The summed E-state index contributed by atoms with van der Waals surface area (Å²) in [5.41, 5.74) is 8.52. The lowest BCUT2D eigenvalue weighted by Crippen LogP contribution is -2.35. The number of nitrogens with zero attached hydrogens (tertiary/aromatic N) is 1. The maximum absolute atomic E-state index is 13.9. The topological polar surface area (TPSA) is 102 Å². The van der Waals surface area contributed by atoms with Crippen LogP contribution in [0.25, 0.3) is 0 Å². The highest BCUT2D eigenvalue weighted by atomic mass is 16.5. The third kappa shape index (κ3) is 3.98. The third-order valence-electron chi connectivity index (χ3n) is 5.90. The molecule has 0 unspecified atom stereocenters. The number of aryl methyl sites for hydroxylation is 1. The number of carbonyl (C=O) groups is 1. The van der Waals surface area contributed by atoms with Crippen molar-refractivity contribution in [2.45, 2.75) is 19.4 Å². The summed E-state index contributed by atoms with van der Waals surface area (Å²) in [6.45, 7) is 2.19. The molecule has 0 spiro atoms.